The molecule has 30 heavy (non-hydrogen) atoms. The van der Waals surface area contributed by atoms with Gasteiger partial charge in [0.2, 0.25) is 5.91 Å². The molecule has 156 valence electrons. The molecule has 1 aliphatic carbocycles. The number of rotatable bonds is 6. The van der Waals surface area contributed by atoms with Gasteiger partial charge in [0.25, 0.3) is 0 Å². The molecule has 1 saturated carbocycles. The van der Waals surface area contributed by atoms with Crippen LogP contribution in [-0.4, -0.2) is 15.7 Å². The van der Waals surface area contributed by atoms with E-state index < -0.39 is 11.9 Å². The minimum absolute atomic E-state index is 0.00450. The fourth-order valence-corrected chi connectivity index (χ4v) is 3.76. The fraction of sp³-hybridized carbons (Fsp3) is 0.273. The van der Waals surface area contributed by atoms with Crippen LogP contribution < -0.4 is 5.32 Å². The van der Waals surface area contributed by atoms with E-state index in [9.17, 15) is 18.0 Å². The highest BCUT2D eigenvalue weighted by Crippen LogP contribution is 2.46. The lowest BCUT2D eigenvalue weighted by atomic mass is 10.1. The van der Waals surface area contributed by atoms with Crippen LogP contribution in [0.15, 0.2) is 54.6 Å². The number of nitrogens with zero attached hydrogens (tertiary/aromatic N) is 2. The molecule has 8 heteroatoms. The van der Waals surface area contributed by atoms with Gasteiger partial charge in [0.15, 0.2) is 5.69 Å². The zero-order chi connectivity index (χ0) is 21.3. The fourth-order valence-electron chi connectivity index (χ4n) is 3.36. The van der Waals surface area contributed by atoms with Crippen molar-refractivity contribution in [3.05, 3.63) is 71.0 Å². The number of benzene rings is 2. The molecule has 0 atom stereocenters. The lowest BCUT2D eigenvalue weighted by molar-refractivity contribution is -0.141. The van der Waals surface area contributed by atoms with Crippen LogP contribution in [0.5, 0.6) is 0 Å². The highest BCUT2D eigenvalue weighted by atomic mass is 35.5. The number of aromatic nitrogens is 2. The SMILES string of the molecule is O=C(CCn1nc(C(F)(F)F)c(Cl)c1C1CC1)Nc1ccc(-c2ccccc2)cc1. The van der Waals surface area contributed by atoms with Gasteiger partial charge in [-0.05, 0) is 36.1 Å². The molecule has 0 spiro atoms. The highest BCUT2D eigenvalue weighted by Gasteiger charge is 2.42. The first-order valence-electron chi connectivity index (χ1n) is 9.61. The van der Waals surface area contributed by atoms with Crippen molar-refractivity contribution in [1.82, 2.24) is 9.78 Å². The van der Waals surface area contributed by atoms with Gasteiger partial charge >= 0.3 is 6.18 Å². The van der Waals surface area contributed by atoms with Crippen molar-refractivity contribution in [3.8, 4) is 11.1 Å². The Hall–Kier alpha value is -2.80. The van der Waals surface area contributed by atoms with E-state index in [0.29, 0.717) is 11.4 Å². The number of anilines is 1. The Morgan fingerprint density at radius 2 is 1.70 bits per heavy atom. The van der Waals surface area contributed by atoms with Crippen LogP contribution in [0.1, 0.15) is 36.6 Å². The molecular weight excluding hydrogens is 415 g/mol. The van der Waals surface area contributed by atoms with E-state index in [0.717, 1.165) is 24.0 Å². The molecule has 1 amide bonds. The predicted molar refractivity (Wildman–Crippen MR) is 109 cm³/mol. The second-order valence-electron chi connectivity index (χ2n) is 7.28. The van der Waals surface area contributed by atoms with E-state index in [1.807, 2.05) is 42.5 Å². The van der Waals surface area contributed by atoms with E-state index in [1.165, 1.54) is 4.68 Å². The minimum atomic E-state index is -4.62. The maximum Gasteiger partial charge on any atom is 0.436 e. The first-order valence-corrected chi connectivity index (χ1v) is 9.99. The summed E-state index contributed by atoms with van der Waals surface area (Å²) < 4.78 is 40.6. The molecule has 4 rings (SSSR count). The van der Waals surface area contributed by atoms with Gasteiger partial charge in [-0.1, -0.05) is 54.1 Å². The van der Waals surface area contributed by atoms with Crippen LogP contribution in [0.3, 0.4) is 0 Å². The quantitative estimate of drug-likeness (QED) is 0.508. The van der Waals surface area contributed by atoms with Gasteiger partial charge in [-0.25, -0.2) is 0 Å². The Bertz CT molecular complexity index is 1040. The highest BCUT2D eigenvalue weighted by molar-refractivity contribution is 6.32. The summed E-state index contributed by atoms with van der Waals surface area (Å²) in [6, 6.07) is 17.2. The van der Waals surface area contributed by atoms with Crippen molar-refractivity contribution < 1.29 is 18.0 Å². The Labute approximate surface area is 176 Å². The van der Waals surface area contributed by atoms with Gasteiger partial charge in [-0.2, -0.15) is 18.3 Å². The van der Waals surface area contributed by atoms with Crippen LogP contribution in [0.25, 0.3) is 11.1 Å². The van der Waals surface area contributed by atoms with Crippen molar-refractivity contribution in [2.75, 3.05) is 5.32 Å². The molecule has 1 aliphatic rings. The summed E-state index contributed by atoms with van der Waals surface area (Å²) >= 11 is 5.96. The van der Waals surface area contributed by atoms with Crippen molar-refractivity contribution in [3.63, 3.8) is 0 Å². The topological polar surface area (TPSA) is 46.9 Å². The number of halogens is 4. The Balaban J connectivity index is 1.41. The Morgan fingerprint density at radius 1 is 1.07 bits per heavy atom. The van der Waals surface area contributed by atoms with Crippen LogP contribution in [-0.2, 0) is 17.5 Å². The van der Waals surface area contributed by atoms with Crippen LogP contribution in [0.4, 0.5) is 18.9 Å². The van der Waals surface area contributed by atoms with E-state index in [2.05, 4.69) is 10.4 Å². The van der Waals surface area contributed by atoms with Crippen LogP contribution in [0, 0.1) is 0 Å². The Kier molecular flexibility index (Phi) is 5.56. The molecule has 0 unspecified atom stereocenters. The van der Waals surface area contributed by atoms with Crippen molar-refractivity contribution in [2.24, 2.45) is 0 Å². The molecule has 1 heterocycles. The molecule has 1 N–H and O–H groups in total. The lowest BCUT2D eigenvalue weighted by Gasteiger charge is -2.09. The van der Waals surface area contributed by atoms with Gasteiger partial charge < -0.3 is 5.32 Å². The molecule has 2 aromatic carbocycles. The third kappa shape index (κ3) is 4.51. The van der Waals surface area contributed by atoms with E-state index in [4.69, 9.17) is 11.6 Å². The number of alkyl halides is 3. The third-order valence-corrected chi connectivity index (χ3v) is 5.36. The summed E-state index contributed by atoms with van der Waals surface area (Å²) in [5.41, 5.74) is 2.01. The first kappa shape index (κ1) is 20.5. The molecule has 1 fully saturated rings. The molecule has 3 aromatic rings. The zero-order valence-electron chi connectivity index (χ0n) is 15.9. The zero-order valence-corrected chi connectivity index (χ0v) is 16.7. The van der Waals surface area contributed by atoms with Crippen molar-refractivity contribution >= 4 is 23.2 Å². The number of hydrogen-bond acceptors (Lipinski definition) is 2. The third-order valence-electron chi connectivity index (χ3n) is 4.99. The summed E-state index contributed by atoms with van der Waals surface area (Å²) in [7, 11) is 0. The summed E-state index contributed by atoms with van der Waals surface area (Å²) in [6.07, 6.45) is -3.06. The van der Waals surface area contributed by atoms with Gasteiger partial charge in [0, 0.05) is 18.0 Å². The largest absolute Gasteiger partial charge is 0.436 e. The predicted octanol–water partition coefficient (Wildman–Crippen LogP) is 6.13. The number of nitrogens with one attached hydrogen (secondary N) is 1. The molecule has 0 bridgehead atoms. The average molecular weight is 434 g/mol. The number of carbonyl (C=O) groups excluding carboxylic acids is 1. The maximum atomic E-state index is 13.1. The Morgan fingerprint density at radius 3 is 2.30 bits per heavy atom. The maximum absolute atomic E-state index is 13.1. The second kappa shape index (κ2) is 8.14. The summed E-state index contributed by atoms with van der Waals surface area (Å²) in [4.78, 5) is 12.3. The smallest absolute Gasteiger partial charge is 0.326 e. The molecule has 4 nitrogen and oxygen atoms in total. The number of hydrogen-bond donors (Lipinski definition) is 1. The standard InChI is InChI=1S/C22H19ClF3N3O/c23-19-20(16-6-7-16)29(28-21(19)22(24,25)26)13-12-18(30)27-17-10-8-15(9-11-17)14-4-2-1-3-5-14/h1-5,8-11,16H,6-7,12-13H2,(H,27,30). The van der Waals surface area contributed by atoms with Gasteiger partial charge in [-0.3, -0.25) is 9.48 Å². The van der Waals surface area contributed by atoms with Crippen LogP contribution in [0.2, 0.25) is 5.02 Å². The summed E-state index contributed by atoms with van der Waals surface area (Å²) in [5.74, 6) is -0.320. The first-order chi connectivity index (χ1) is 14.3. The normalized spacial score (nSPS) is 14.0. The van der Waals surface area contributed by atoms with Gasteiger partial charge in [0.05, 0.1) is 17.3 Å². The average Bonchev–Trinajstić information content (AvgIpc) is 3.49. The van der Waals surface area contributed by atoms with Crippen molar-refractivity contribution in [2.45, 2.75) is 37.9 Å². The summed E-state index contributed by atoms with van der Waals surface area (Å²) in [5, 5.41) is 6.07. The van der Waals surface area contributed by atoms with Crippen LogP contribution >= 0.6 is 11.6 Å². The van der Waals surface area contributed by atoms with E-state index in [-0.39, 0.29) is 29.8 Å². The van der Waals surface area contributed by atoms with E-state index >= 15 is 0 Å². The second-order valence-corrected chi connectivity index (χ2v) is 7.66. The lowest BCUT2D eigenvalue weighted by Crippen LogP contribution is -2.16. The van der Waals surface area contributed by atoms with E-state index in [1.54, 1.807) is 12.1 Å². The molecule has 0 saturated heterocycles. The number of aryl methyl sites for hydroxylation is 1. The molecule has 0 radical (unpaired) electrons. The molecule has 1 aromatic heterocycles. The number of amides is 1. The molecule has 0 aliphatic heterocycles. The number of carbonyl (C=O) groups is 1. The molecular formula is C22H19ClF3N3O. The van der Waals surface area contributed by atoms with Crippen molar-refractivity contribution in [1.29, 1.82) is 0 Å². The van der Waals surface area contributed by atoms with Gasteiger partial charge in [-0.15, -0.1) is 0 Å². The summed E-state index contributed by atoms with van der Waals surface area (Å²) in [6.45, 7) is 0.0373. The van der Waals surface area contributed by atoms with Gasteiger partial charge in [0.1, 0.15) is 0 Å². The monoisotopic (exact) mass is 433 g/mol. The minimum Gasteiger partial charge on any atom is -0.326 e.